The van der Waals surface area contributed by atoms with Crippen LogP contribution in [-0.2, 0) is 11.3 Å². The van der Waals surface area contributed by atoms with Crippen LogP contribution in [0.1, 0.15) is 27.4 Å². The van der Waals surface area contributed by atoms with E-state index in [9.17, 15) is 9.59 Å². The molecule has 0 fully saturated rings. The van der Waals surface area contributed by atoms with Gasteiger partial charge in [-0.1, -0.05) is 17.7 Å². The second-order valence-corrected chi connectivity index (χ2v) is 6.63. The first-order valence-corrected chi connectivity index (χ1v) is 7.80. The summed E-state index contributed by atoms with van der Waals surface area (Å²) in [6, 6.07) is 7.29. The van der Waals surface area contributed by atoms with Gasteiger partial charge in [0.05, 0.1) is 15.8 Å². The zero-order valence-corrected chi connectivity index (χ0v) is 12.4. The number of hydrogen-bond donors (Lipinski definition) is 1. The quantitative estimate of drug-likeness (QED) is 0.826. The van der Waals surface area contributed by atoms with Crippen LogP contribution in [0.3, 0.4) is 0 Å². The SMILES string of the molecule is O=C(CCC(=O)c1ccc(Cl)s1)NCc1cccs1. The molecule has 0 radical (unpaired) electrons. The fourth-order valence-corrected chi connectivity index (χ4v) is 3.16. The fourth-order valence-electron chi connectivity index (χ4n) is 1.50. The summed E-state index contributed by atoms with van der Waals surface area (Å²) in [5.41, 5.74) is 0. The van der Waals surface area contributed by atoms with Crippen LogP contribution in [0, 0.1) is 0 Å². The molecule has 0 spiro atoms. The molecule has 0 aliphatic heterocycles. The summed E-state index contributed by atoms with van der Waals surface area (Å²) in [5.74, 6) is -0.146. The molecule has 2 aromatic rings. The topological polar surface area (TPSA) is 46.2 Å². The van der Waals surface area contributed by atoms with E-state index >= 15 is 0 Å². The number of thiophene rings is 2. The summed E-state index contributed by atoms with van der Waals surface area (Å²) in [4.78, 5) is 25.1. The van der Waals surface area contributed by atoms with Crippen molar-refractivity contribution in [2.24, 2.45) is 0 Å². The number of carbonyl (C=O) groups is 2. The Morgan fingerprint density at radius 2 is 2.05 bits per heavy atom. The monoisotopic (exact) mass is 313 g/mol. The van der Waals surface area contributed by atoms with E-state index in [1.165, 1.54) is 11.3 Å². The Kier molecular flexibility index (Phi) is 5.13. The highest BCUT2D eigenvalue weighted by atomic mass is 35.5. The molecule has 1 amide bonds. The Labute approximate surface area is 124 Å². The van der Waals surface area contributed by atoms with Crippen LogP contribution in [0.25, 0.3) is 0 Å². The molecule has 0 aliphatic rings. The third-order valence-corrected chi connectivity index (χ3v) is 4.62. The Bertz CT molecular complexity index is 563. The third kappa shape index (κ3) is 4.45. The number of nitrogens with one attached hydrogen (secondary N) is 1. The molecule has 0 bridgehead atoms. The zero-order valence-electron chi connectivity index (χ0n) is 10.0. The Hall–Kier alpha value is -1.17. The normalized spacial score (nSPS) is 10.4. The van der Waals surface area contributed by atoms with Crippen molar-refractivity contribution in [3.8, 4) is 0 Å². The average Bonchev–Trinajstić information content (AvgIpc) is 3.04. The van der Waals surface area contributed by atoms with E-state index in [1.807, 2.05) is 17.5 Å². The van der Waals surface area contributed by atoms with Crippen molar-refractivity contribution in [1.82, 2.24) is 5.32 Å². The lowest BCUT2D eigenvalue weighted by atomic mass is 10.2. The van der Waals surface area contributed by atoms with E-state index in [0.717, 1.165) is 4.88 Å². The summed E-state index contributed by atoms with van der Waals surface area (Å²) in [5, 5.41) is 4.76. The Balaban J connectivity index is 1.73. The lowest BCUT2D eigenvalue weighted by Gasteiger charge is -2.02. The molecule has 6 heteroatoms. The minimum Gasteiger partial charge on any atom is -0.351 e. The molecule has 2 heterocycles. The molecule has 0 aliphatic carbocycles. The highest BCUT2D eigenvalue weighted by Crippen LogP contribution is 2.22. The van der Waals surface area contributed by atoms with Crippen molar-refractivity contribution in [1.29, 1.82) is 0 Å². The molecular weight excluding hydrogens is 302 g/mol. The minimum absolute atomic E-state index is 0.0387. The molecule has 3 nitrogen and oxygen atoms in total. The summed E-state index contributed by atoms with van der Waals surface area (Å²) < 4.78 is 0.588. The highest BCUT2D eigenvalue weighted by Gasteiger charge is 2.11. The van der Waals surface area contributed by atoms with E-state index < -0.39 is 0 Å². The first-order chi connectivity index (χ1) is 9.15. The maximum atomic E-state index is 11.8. The fraction of sp³-hybridized carbons (Fsp3) is 0.231. The first-order valence-electron chi connectivity index (χ1n) is 5.73. The van der Waals surface area contributed by atoms with Crippen LogP contribution in [0.15, 0.2) is 29.6 Å². The summed E-state index contributed by atoms with van der Waals surface area (Å²) in [6.45, 7) is 0.523. The summed E-state index contributed by atoms with van der Waals surface area (Å²) >= 11 is 8.60. The van der Waals surface area contributed by atoms with Gasteiger partial charge in [-0.15, -0.1) is 22.7 Å². The Morgan fingerprint density at radius 3 is 2.68 bits per heavy atom. The van der Waals surface area contributed by atoms with Crippen molar-refractivity contribution < 1.29 is 9.59 Å². The van der Waals surface area contributed by atoms with Crippen LogP contribution < -0.4 is 5.32 Å². The molecule has 2 rings (SSSR count). The van der Waals surface area contributed by atoms with Gasteiger partial charge in [0.2, 0.25) is 5.91 Å². The van der Waals surface area contributed by atoms with Crippen molar-refractivity contribution in [2.45, 2.75) is 19.4 Å². The van der Waals surface area contributed by atoms with Gasteiger partial charge in [0.25, 0.3) is 0 Å². The number of rotatable bonds is 6. The van der Waals surface area contributed by atoms with Crippen LogP contribution in [0.5, 0.6) is 0 Å². The molecule has 1 N–H and O–H groups in total. The molecule has 0 saturated carbocycles. The minimum atomic E-state index is -0.107. The maximum absolute atomic E-state index is 11.8. The van der Waals surface area contributed by atoms with Crippen LogP contribution in [0.4, 0.5) is 0 Å². The molecule has 100 valence electrons. The van der Waals surface area contributed by atoms with Gasteiger partial charge in [0.15, 0.2) is 5.78 Å². The molecule has 0 unspecified atom stereocenters. The van der Waals surface area contributed by atoms with Crippen molar-refractivity contribution in [2.75, 3.05) is 0 Å². The second-order valence-electron chi connectivity index (χ2n) is 3.88. The van der Waals surface area contributed by atoms with Crippen molar-refractivity contribution in [3.05, 3.63) is 43.7 Å². The van der Waals surface area contributed by atoms with Gasteiger partial charge in [0.1, 0.15) is 0 Å². The summed E-state index contributed by atoms with van der Waals surface area (Å²) in [7, 11) is 0. The van der Waals surface area contributed by atoms with E-state index in [4.69, 9.17) is 11.6 Å². The zero-order chi connectivity index (χ0) is 13.7. The number of ketones is 1. The summed E-state index contributed by atoms with van der Waals surface area (Å²) in [6.07, 6.45) is 0.423. The molecular formula is C13H12ClNO2S2. The number of carbonyl (C=O) groups excluding carboxylic acids is 2. The van der Waals surface area contributed by atoms with Crippen molar-refractivity contribution >= 4 is 46.0 Å². The molecule has 2 aromatic heterocycles. The second kappa shape index (κ2) is 6.84. The highest BCUT2D eigenvalue weighted by molar-refractivity contribution is 7.18. The van der Waals surface area contributed by atoms with Gasteiger partial charge >= 0.3 is 0 Å². The molecule has 0 atom stereocenters. The van der Waals surface area contributed by atoms with Gasteiger partial charge in [-0.2, -0.15) is 0 Å². The first kappa shape index (κ1) is 14.2. The van der Waals surface area contributed by atoms with Gasteiger partial charge in [-0.3, -0.25) is 9.59 Å². The molecule has 0 saturated heterocycles. The average molecular weight is 314 g/mol. The van der Waals surface area contributed by atoms with Gasteiger partial charge in [0, 0.05) is 17.7 Å². The Morgan fingerprint density at radius 1 is 1.21 bits per heavy atom. The predicted octanol–water partition coefficient (Wildman–Crippen LogP) is 3.74. The lowest BCUT2D eigenvalue weighted by Crippen LogP contribution is -2.22. The molecule has 0 aromatic carbocycles. The lowest BCUT2D eigenvalue weighted by molar-refractivity contribution is -0.121. The predicted molar refractivity (Wildman–Crippen MR) is 79.1 cm³/mol. The smallest absolute Gasteiger partial charge is 0.220 e. The van der Waals surface area contributed by atoms with Crippen LogP contribution >= 0.6 is 34.3 Å². The maximum Gasteiger partial charge on any atom is 0.220 e. The number of hydrogen-bond acceptors (Lipinski definition) is 4. The van der Waals surface area contributed by atoms with E-state index in [0.29, 0.717) is 15.8 Å². The van der Waals surface area contributed by atoms with Gasteiger partial charge in [-0.25, -0.2) is 0 Å². The largest absolute Gasteiger partial charge is 0.351 e. The van der Waals surface area contributed by atoms with Crippen LogP contribution in [0.2, 0.25) is 4.34 Å². The number of Topliss-reactive ketones (excluding diaryl/α,β-unsaturated/α-hetero) is 1. The number of halogens is 1. The van der Waals surface area contributed by atoms with E-state index in [2.05, 4.69) is 5.32 Å². The third-order valence-electron chi connectivity index (χ3n) is 2.47. The van der Waals surface area contributed by atoms with E-state index in [-0.39, 0.29) is 24.5 Å². The molecule has 19 heavy (non-hydrogen) atoms. The van der Waals surface area contributed by atoms with E-state index in [1.54, 1.807) is 23.5 Å². The van der Waals surface area contributed by atoms with Gasteiger partial charge in [-0.05, 0) is 23.6 Å². The van der Waals surface area contributed by atoms with Crippen molar-refractivity contribution in [3.63, 3.8) is 0 Å². The standard InChI is InChI=1S/C13H12ClNO2S2/c14-12-5-4-11(19-12)10(16)3-6-13(17)15-8-9-2-1-7-18-9/h1-2,4-5,7H,3,6,8H2,(H,15,17). The van der Waals surface area contributed by atoms with Gasteiger partial charge < -0.3 is 5.32 Å². The number of amides is 1. The van der Waals surface area contributed by atoms with Crippen LogP contribution in [-0.4, -0.2) is 11.7 Å².